The Labute approximate surface area is 114 Å². The lowest BCUT2D eigenvalue weighted by Crippen LogP contribution is -2.14. The van der Waals surface area contributed by atoms with Crippen molar-refractivity contribution in [2.45, 2.75) is 26.2 Å². The third-order valence-corrected chi connectivity index (χ3v) is 2.56. The van der Waals surface area contributed by atoms with Crippen LogP contribution in [0.1, 0.15) is 47.1 Å². The summed E-state index contributed by atoms with van der Waals surface area (Å²) >= 11 is 0. The summed E-state index contributed by atoms with van der Waals surface area (Å²) in [7, 11) is 0. The molecular weight excluding hydrogens is 260 g/mol. The molecular formula is C12H12N6O2. The second-order valence-corrected chi connectivity index (χ2v) is 5.04. The van der Waals surface area contributed by atoms with Crippen LogP contribution in [0.15, 0.2) is 28.4 Å². The number of hydrogen-bond acceptors (Lipinski definition) is 2. The van der Waals surface area contributed by atoms with Gasteiger partial charge in [-0.3, -0.25) is 9.59 Å². The predicted molar refractivity (Wildman–Crippen MR) is 72.1 cm³/mol. The molecule has 0 aromatic heterocycles. The van der Waals surface area contributed by atoms with Crippen LogP contribution in [0.3, 0.4) is 0 Å². The van der Waals surface area contributed by atoms with Crippen molar-refractivity contribution >= 4 is 11.8 Å². The van der Waals surface area contributed by atoms with Gasteiger partial charge in [-0.15, -0.1) is 0 Å². The van der Waals surface area contributed by atoms with E-state index in [0.717, 1.165) is 0 Å². The quantitative estimate of drug-likeness (QED) is 0.459. The lowest BCUT2D eigenvalue weighted by molar-refractivity contribution is 0.0999. The highest BCUT2D eigenvalue weighted by molar-refractivity contribution is 6.00. The Morgan fingerprint density at radius 1 is 0.950 bits per heavy atom. The third-order valence-electron chi connectivity index (χ3n) is 2.56. The van der Waals surface area contributed by atoms with Crippen LogP contribution in [-0.2, 0) is 5.41 Å². The molecule has 2 amide bonds. The van der Waals surface area contributed by atoms with Crippen LogP contribution in [0.2, 0.25) is 0 Å². The van der Waals surface area contributed by atoms with Crippen LogP contribution in [0.4, 0.5) is 0 Å². The highest BCUT2D eigenvalue weighted by atomic mass is 16.2. The summed E-state index contributed by atoms with van der Waals surface area (Å²) in [6.07, 6.45) is 0. The monoisotopic (exact) mass is 272 g/mol. The van der Waals surface area contributed by atoms with Crippen LogP contribution in [-0.4, -0.2) is 11.8 Å². The molecule has 0 aliphatic rings. The van der Waals surface area contributed by atoms with E-state index < -0.39 is 11.8 Å². The molecule has 8 nitrogen and oxygen atoms in total. The molecule has 0 bridgehead atoms. The van der Waals surface area contributed by atoms with Crippen molar-refractivity contribution < 1.29 is 9.59 Å². The Bertz CT molecular complexity index is 613. The zero-order valence-electron chi connectivity index (χ0n) is 11.2. The van der Waals surface area contributed by atoms with Crippen LogP contribution < -0.4 is 0 Å². The normalized spacial score (nSPS) is 10.2. The highest BCUT2D eigenvalue weighted by Gasteiger charge is 2.19. The summed E-state index contributed by atoms with van der Waals surface area (Å²) in [5, 5.41) is 5.98. The summed E-state index contributed by atoms with van der Waals surface area (Å²) < 4.78 is 0. The molecule has 20 heavy (non-hydrogen) atoms. The van der Waals surface area contributed by atoms with Gasteiger partial charge < -0.3 is 0 Å². The van der Waals surface area contributed by atoms with Gasteiger partial charge in [-0.05, 0) is 50.5 Å². The van der Waals surface area contributed by atoms with Crippen molar-refractivity contribution in [3.05, 3.63) is 55.8 Å². The molecule has 102 valence electrons. The SMILES string of the molecule is CC(C)(C)c1cc(C(=O)N=[N+]=[N-])cc(C(=O)N=[N+]=[N-])c1. The Kier molecular flexibility index (Phi) is 4.48. The Balaban J connectivity index is 3.50. The third kappa shape index (κ3) is 3.58. The van der Waals surface area contributed by atoms with E-state index in [9.17, 15) is 9.59 Å². The highest BCUT2D eigenvalue weighted by Crippen LogP contribution is 2.25. The largest absolute Gasteiger partial charge is 0.287 e. The minimum absolute atomic E-state index is 0.0757. The van der Waals surface area contributed by atoms with Gasteiger partial charge in [0.15, 0.2) is 0 Å². The molecule has 0 saturated carbocycles. The molecule has 0 unspecified atom stereocenters. The Morgan fingerprint density at radius 2 is 1.35 bits per heavy atom. The summed E-state index contributed by atoms with van der Waals surface area (Å²) in [5.41, 5.74) is 17.1. The number of benzene rings is 1. The minimum atomic E-state index is -0.798. The van der Waals surface area contributed by atoms with E-state index in [1.807, 2.05) is 20.8 Å². The summed E-state index contributed by atoms with van der Waals surface area (Å²) in [6, 6.07) is 4.33. The summed E-state index contributed by atoms with van der Waals surface area (Å²) in [5.74, 6) is -1.60. The second kappa shape index (κ2) is 5.88. The first kappa shape index (κ1) is 15.2. The van der Waals surface area contributed by atoms with Crippen LogP contribution in [0.25, 0.3) is 20.9 Å². The average molecular weight is 272 g/mol. The van der Waals surface area contributed by atoms with Gasteiger partial charge in [-0.25, -0.2) is 0 Å². The fourth-order valence-corrected chi connectivity index (χ4v) is 1.50. The first-order valence-corrected chi connectivity index (χ1v) is 5.64. The van der Waals surface area contributed by atoms with Crippen molar-refractivity contribution in [3.8, 4) is 0 Å². The maximum absolute atomic E-state index is 11.6. The van der Waals surface area contributed by atoms with E-state index in [2.05, 4.69) is 20.1 Å². The van der Waals surface area contributed by atoms with Gasteiger partial charge in [0.05, 0.1) is 0 Å². The zero-order valence-corrected chi connectivity index (χ0v) is 11.2. The molecule has 0 aliphatic carbocycles. The molecule has 0 heterocycles. The van der Waals surface area contributed by atoms with E-state index in [4.69, 9.17) is 11.1 Å². The molecule has 0 radical (unpaired) electrons. The zero-order chi connectivity index (χ0) is 15.3. The molecule has 0 fully saturated rings. The van der Waals surface area contributed by atoms with Gasteiger partial charge in [-0.2, -0.15) is 0 Å². The van der Waals surface area contributed by atoms with Gasteiger partial charge in [0.25, 0.3) is 0 Å². The smallest absolute Gasteiger partial charge is 0.249 e. The van der Waals surface area contributed by atoms with E-state index in [-0.39, 0.29) is 16.5 Å². The maximum atomic E-state index is 11.6. The maximum Gasteiger partial charge on any atom is 0.249 e. The molecule has 1 aromatic carbocycles. The van der Waals surface area contributed by atoms with E-state index in [0.29, 0.717) is 5.56 Å². The van der Waals surface area contributed by atoms with Crippen molar-refractivity contribution in [3.63, 3.8) is 0 Å². The number of hydrogen-bond donors (Lipinski definition) is 0. The fraction of sp³-hybridized carbons (Fsp3) is 0.333. The molecule has 0 aliphatic heterocycles. The van der Waals surface area contributed by atoms with Gasteiger partial charge in [0.1, 0.15) is 0 Å². The first-order valence-electron chi connectivity index (χ1n) is 5.64. The van der Waals surface area contributed by atoms with Gasteiger partial charge >= 0.3 is 0 Å². The van der Waals surface area contributed by atoms with Crippen molar-refractivity contribution in [2.24, 2.45) is 10.2 Å². The molecule has 0 saturated heterocycles. The summed E-state index contributed by atoms with van der Waals surface area (Å²) in [6.45, 7) is 5.68. The van der Waals surface area contributed by atoms with E-state index in [1.54, 1.807) is 12.1 Å². The summed E-state index contributed by atoms with van der Waals surface area (Å²) in [4.78, 5) is 28.1. The fourth-order valence-electron chi connectivity index (χ4n) is 1.50. The lowest BCUT2D eigenvalue weighted by Gasteiger charge is -2.20. The second-order valence-electron chi connectivity index (χ2n) is 5.04. The topological polar surface area (TPSA) is 132 Å². The van der Waals surface area contributed by atoms with Crippen LogP contribution in [0, 0.1) is 0 Å². The van der Waals surface area contributed by atoms with E-state index >= 15 is 0 Å². The first-order chi connectivity index (χ1) is 9.29. The number of nitrogens with zero attached hydrogens (tertiary/aromatic N) is 6. The number of amides is 2. The van der Waals surface area contributed by atoms with Gasteiger partial charge in [-0.1, -0.05) is 20.8 Å². The predicted octanol–water partition coefficient (Wildman–Crippen LogP) is 3.89. The van der Waals surface area contributed by atoms with Gasteiger partial charge in [0.2, 0.25) is 11.8 Å². The Hall–Kier alpha value is -2.82. The average Bonchev–Trinajstić information content (AvgIpc) is 2.37. The number of carbonyl (C=O) groups is 2. The number of rotatable bonds is 2. The molecule has 1 aromatic rings. The molecule has 0 N–H and O–H groups in total. The lowest BCUT2D eigenvalue weighted by atomic mass is 9.85. The molecule has 0 spiro atoms. The van der Waals surface area contributed by atoms with Crippen LogP contribution in [0.5, 0.6) is 0 Å². The van der Waals surface area contributed by atoms with Gasteiger partial charge in [0, 0.05) is 21.0 Å². The van der Waals surface area contributed by atoms with Crippen molar-refractivity contribution in [1.29, 1.82) is 0 Å². The molecule has 1 rings (SSSR count). The molecule has 8 heteroatoms. The Morgan fingerprint density at radius 3 is 1.65 bits per heavy atom. The molecule has 0 atom stereocenters. The standard InChI is InChI=1S/C12H12N6O2/c1-12(2,3)9-5-7(10(19)15-17-13)4-8(6-9)11(20)16-18-14/h4-6H,1-3H3. The van der Waals surface area contributed by atoms with Crippen molar-refractivity contribution in [2.75, 3.05) is 0 Å². The van der Waals surface area contributed by atoms with Crippen molar-refractivity contribution in [1.82, 2.24) is 0 Å². The minimum Gasteiger partial charge on any atom is -0.287 e. The number of azide groups is 2. The van der Waals surface area contributed by atoms with Crippen LogP contribution >= 0.6 is 0 Å². The number of carbonyl (C=O) groups excluding carboxylic acids is 2. The van der Waals surface area contributed by atoms with E-state index in [1.165, 1.54) is 6.07 Å².